The van der Waals surface area contributed by atoms with Crippen molar-refractivity contribution in [2.45, 2.75) is 23.1 Å². The molecule has 4 rings (SSSR count). The number of hydrogen-bond donors (Lipinski definition) is 2. The number of imidazole rings is 1. The van der Waals surface area contributed by atoms with Gasteiger partial charge in [0.15, 0.2) is 0 Å². The van der Waals surface area contributed by atoms with Crippen molar-refractivity contribution in [3.8, 4) is 0 Å². The molecule has 3 aromatic rings. The second kappa shape index (κ2) is 4.60. The third-order valence-corrected chi connectivity index (χ3v) is 5.86. The summed E-state index contributed by atoms with van der Waals surface area (Å²) >= 11 is 3.90. The minimum absolute atomic E-state index is 0.155. The third-order valence-electron chi connectivity index (χ3n) is 4.46. The van der Waals surface area contributed by atoms with Crippen molar-refractivity contribution in [3.05, 3.63) is 70.1 Å². The monoisotopic (exact) mass is 342 g/mol. The number of aromatic amines is 2. The number of halogens is 1. The first-order chi connectivity index (χ1) is 10.2. The average molecular weight is 343 g/mol. The largest absolute Gasteiger partial charge is 0.323 e. The second-order valence-corrected chi connectivity index (χ2v) is 6.68. The number of fused-ring (bicyclic) bond motifs is 1. The van der Waals surface area contributed by atoms with Gasteiger partial charge in [-0.3, -0.25) is 0 Å². The van der Waals surface area contributed by atoms with E-state index in [9.17, 15) is 4.79 Å². The Labute approximate surface area is 130 Å². The van der Waals surface area contributed by atoms with Gasteiger partial charge in [-0.15, -0.1) is 0 Å². The predicted molar refractivity (Wildman–Crippen MR) is 87.9 cm³/mol. The molecule has 2 N–H and O–H groups in total. The van der Waals surface area contributed by atoms with E-state index in [1.54, 1.807) is 0 Å². The van der Waals surface area contributed by atoms with Crippen LogP contribution in [0.1, 0.15) is 28.8 Å². The number of benzene rings is 2. The maximum Gasteiger partial charge on any atom is 0.323 e. The summed E-state index contributed by atoms with van der Waals surface area (Å²) in [7, 11) is 0. The molecule has 0 saturated heterocycles. The van der Waals surface area contributed by atoms with Gasteiger partial charge in [0, 0.05) is 10.2 Å². The zero-order valence-electron chi connectivity index (χ0n) is 11.4. The number of rotatable bonds is 3. The highest BCUT2D eigenvalue weighted by Crippen LogP contribution is 2.60. The van der Waals surface area contributed by atoms with Gasteiger partial charge in [0.05, 0.1) is 11.0 Å². The van der Waals surface area contributed by atoms with Crippen LogP contribution >= 0.6 is 15.9 Å². The molecule has 0 amide bonds. The molecule has 1 aromatic heterocycles. The van der Waals surface area contributed by atoms with E-state index in [0.29, 0.717) is 0 Å². The average Bonchev–Trinajstić information content (AvgIpc) is 3.23. The van der Waals surface area contributed by atoms with Crippen LogP contribution in [0.5, 0.6) is 0 Å². The lowest BCUT2D eigenvalue weighted by Gasteiger charge is -2.23. The Bertz CT molecular complexity index is 846. The van der Waals surface area contributed by atoms with E-state index in [1.807, 2.05) is 6.07 Å². The van der Waals surface area contributed by atoms with Gasteiger partial charge in [-0.2, -0.15) is 0 Å². The highest BCUT2D eigenvalue weighted by Gasteiger charge is 2.50. The number of H-pyrrole nitrogens is 2. The fourth-order valence-corrected chi connectivity index (χ4v) is 4.13. The fraction of sp³-hybridized carbons (Fsp3) is 0.235. The summed E-state index contributed by atoms with van der Waals surface area (Å²) in [6, 6.07) is 16.8. The molecule has 106 valence electrons. The molecular formula is C17H15BrN2O. The van der Waals surface area contributed by atoms with Crippen LogP contribution < -0.4 is 5.69 Å². The molecule has 1 atom stereocenters. The van der Waals surface area contributed by atoms with Crippen LogP contribution in [-0.2, 0) is 5.41 Å². The van der Waals surface area contributed by atoms with Crippen molar-refractivity contribution in [1.82, 2.24) is 9.97 Å². The molecular weight excluding hydrogens is 328 g/mol. The molecule has 0 spiro atoms. The van der Waals surface area contributed by atoms with Crippen LogP contribution in [0.4, 0.5) is 0 Å². The molecule has 1 saturated carbocycles. The summed E-state index contributed by atoms with van der Waals surface area (Å²) in [6.45, 7) is 0. The molecule has 0 bridgehead atoms. The van der Waals surface area contributed by atoms with Crippen molar-refractivity contribution in [2.75, 3.05) is 0 Å². The molecule has 2 aromatic carbocycles. The van der Waals surface area contributed by atoms with Gasteiger partial charge in [-0.05, 0) is 36.1 Å². The van der Waals surface area contributed by atoms with Gasteiger partial charge >= 0.3 is 5.69 Å². The van der Waals surface area contributed by atoms with E-state index in [-0.39, 0.29) is 15.9 Å². The van der Waals surface area contributed by atoms with Gasteiger partial charge in [0.25, 0.3) is 0 Å². The van der Waals surface area contributed by atoms with Gasteiger partial charge < -0.3 is 9.97 Å². The molecule has 3 nitrogen and oxygen atoms in total. The minimum atomic E-state index is -0.155. The summed E-state index contributed by atoms with van der Waals surface area (Å²) in [4.78, 5) is 17.3. The van der Waals surface area contributed by atoms with Gasteiger partial charge in [0.2, 0.25) is 0 Å². The van der Waals surface area contributed by atoms with E-state index in [0.717, 1.165) is 11.0 Å². The lowest BCUT2D eigenvalue weighted by atomic mass is 9.88. The number of hydrogen-bond acceptors (Lipinski definition) is 1. The molecule has 0 aliphatic heterocycles. The van der Waals surface area contributed by atoms with E-state index >= 15 is 0 Å². The predicted octanol–water partition coefficient (Wildman–Crippen LogP) is 4.02. The lowest BCUT2D eigenvalue weighted by molar-refractivity contribution is 0.681. The Hall–Kier alpha value is -1.81. The zero-order valence-corrected chi connectivity index (χ0v) is 13.0. The van der Waals surface area contributed by atoms with E-state index in [4.69, 9.17) is 0 Å². The Kier molecular flexibility index (Phi) is 2.82. The van der Waals surface area contributed by atoms with Crippen LogP contribution in [0.25, 0.3) is 11.0 Å². The Morgan fingerprint density at radius 1 is 1.00 bits per heavy atom. The Morgan fingerprint density at radius 3 is 2.43 bits per heavy atom. The van der Waals surface area contributed by atoms with Crippen molar-refractivity contribution < 1.29 is 0 Å². The quantitative estimate of drug-likeness (QED) is 0.693. The molecule has 21 heavy (non-hydrogen) atoms. The topological polar surface area (TPSA) is 48.6 Å². The molecule has 1 unspecified atom stereocenters. The molecule has 1 aliphatic rings. The number of nitrogens with one attached hydrogen (secondary N) is 2. The van der Waals surface area contributed by atoms with Crippen LogP contribution in [0, 0.1) is 0 Å². The fourth-order valence-electron chi connectivity index (χ4n) is 3.12. The van der Waals surface area contributed by atoms with E-state index < -0.39 is 0 Å². The van der Waals surface area contributed by atoms with Crippen LogP contribution in [-0.4, -0.2) is 9.97 Å². The first-order valence-electron chi connectivity index (χ1n) is 7.11. The van der Waals surface area contributed by atoms with E-state index in [1.165, 1.54) is 24.0 Å². The first kappa shape index (κ1) is 12.9. The smallest absolute Gasteiger partial charge is 0.306 e. The van der Waals surface area contributed by atoms with Crippen LogP contribution in [0.3, 0.4) is 0 Å². The number of aromatic nitrogens is 2. The SMILES string of the molecule is O=c1[nH]c2ccc(C(Br)C3(c4ccccc4)CC3)cc2[nH]1. The third kappa shape index (κ3) is 2.05. The second-order valence-electron chi connectivity index (χ2n) is 5.77. The first-order valence-corrected chi connectivity index (χ1v) is 8.02. The van der Waals surface area contributed by atoms with Crippen molar-refractivity contribution in [2.24, 2.45) is 0 Å². The number of alkyl halides is 1. The summed E-state index contributed by atoms with van der Waals surface area (Å²) in [6.07, 6.45) is 2.38. The minimum Gasteiger partial charge on any atom is -0.306 e. The highest BCUT2D eigenvalue weighted by atomic mass is 79.9. The van der Waals surface area contributed by atoms with Gasteiger partial charge in [-0.25, -0.2) is 4.79 Å². The molecule has 1 fully saturated rings. The van der Waals surface area contributed by atoms with Crippen LogP contribution in [0.15, 0.2) is 53.3 Å². The molecule has 1 aliphatic carbocycles. The maximum absolute atomic E-state index is 11.4. The molecule has 1 heterocycles. The molecule has 4 heteroatoms. The van der Waals surface area contributed by atoms with E-state index in [2.05, 4.69) is 68.4 Å². The van der Waals surface area contributed by atoms with Crippen molar-refractivity contribution >= 4 is 27.0 Å². The van der Waals surface area contributed by atoms with Crippen LogP contribution in [0.2, 0.25) is 0 Å². The maximum atomic E-state index is 11.4. The summed E-state index contributed by atoms with van der Waals surface area (Å²) in [5.74, 6) is 0. The summed E-state index contributed by atoms with van der Waals surface area (Å²) < 4.78 is 0. The van der Waals surface area contributed by atoms with Crippen molar-refractivity contribution in [1.29, 1.82) is 0 Å². The zero-order chi connectivity index (χ0) is 14.4. The van der Waals surface area contributed by atoms with Gasteiger partial charge in [-0.1, -0.05) is 52.3 Å². The normalized spacial score (nSPS) is 17.8. The van der Waals surface area contributed by atoms with Crippen molar-refractivity contribution in [3.63, 3.8) is 0 Å². The Balaban J connectivity index is 1.76. The summed E-state index contributed by atoms with van der Waals surface area (Å²) in [5, 5.41) is 0. The van der Waals surface area contributed by atoms with Gasteiger partial charge in [0.1, 0.15) is 0 Å². The standard InChI is InChI=1S/C17H15BrN2O/c18-15(17(8-9-17)12-4-2-1-3-5-12)11-6-7-13-14(10-11)20-16(21)19-13/h1-7,10,15H,8-9H2,(H2,19,20,21). The Morgan fingerprint density at radius 2 is 1.71 bits per heavy atom. The lowest BCUT2D eigenvalue weighted by Crippen LogP contribution is -2.13. The highest BCUT2D eigenvalue weighted by molar-refractivity contribution is 9.09. The summed E-state index contributed by atoms with van der Waals surface area (Å²) in [5.41, 5.74) is 4.34. The molecule has 0 radical (unpaired) electrons.